The van der Waals surface area contributed by atoms with Crippen molar-refractivity contribution < 1.29 is 9.53 Å². The first-order chi connectivity index (χ1) is 9.19. The van der Waals surface area contributed by atoms with E-state index in [1.807, 2.05) is 0 Å². The molecule has 1 saturated heterocycles. The number of primary amides is 1. The third-order valence-corrected chi connectivity index (χ3v) is 3.32. The van der Waals surface area contributed by atoms with E-state index in [9.17, 15) is 4.79 Å². The van der Waals surface area contributed by atoms with Crippen molar-refractivity contribution in [3.05, 3.63) is 23.8 Å². The zero-order valence-corrected chi connectivity index (χ0v) is 11.2. The maximum Gasteiger partial charge on any atom is 0.268 e. The lowest BCUT2D eigenvalue weighted by Gasteiger charge is -2.21. The van der Waals surface area contributed by atoms with Gasteiger partial charge in [-0.25, -0.2) is 4.98 Å². The summed E-state index contributed by atoms with van der Waals surface area (Å²) >= 11 is 0. The first kappa shape index (κ1) is 13.9. The number of carbonyl (C=O) groups excluding carboxylic acids is 1. The van der Waals surface area contributed by atoms with Crippen molar-refractivity contribution in [1.29, 1.82) is 0 Å². The van der Waals surface area contributed by atoms with Crippen LogP contribution in [0.15, 0.2) is 12.4 Å². The Kier molecular flexibility index (Phi) is 4.81. The van der Waals surface area contributed by atoms with E-state index in [1.54, 1.807) is 6.20 Å². The highest BCUT2D eigenvalue weighted by atomic mass is 16.5. The van der Waals surface area contributed by atoms with Crippen LogP contribution in [-0.4, -0.2) is 53.6 Å². The average molecular weight is 264 g/mol. The topological polar surface area (TPSA) is 81.3 Å². The van der Waals surface area contributed by atoms with Crippen LogP contribution in [0.25, 0.3) is 0 Å². The van der Waals surface area contributed by atoms with Crippen LogP contribution in [0.2, 0.25) is 0 Å². The molecule has 6 heteroatoms. The van der Waals surface area contributed by atoms with E-state index >= 15 is 0 Å². The lowest BCUT2D eigenvalue weighted by atomic mass is 10.0. The molecule has 2 heterocycles. The number of amides is 1. The molecule has 0 aliphatic carbocycles. The Labute approximate surface area is 113 Å². The molecule has 2 N–H and O–H groups in total. The summed E-state index contributed by atoms with van der Waals surface area (Å²) in [7, 11) is 0. The van der Waals surface area contributed by atoms with E-state index < -0.39 is 5.91 Å². The number of carbonyl (C=O) groups is 1. The zero-order chi connectivity index (χ0) is 13.7. The minimum absolute atomic E-state index is 0.205. The van der Waals surface area contributed by atoms with Crippen LogP contribution < -0.4 is 5.73 Å². The molecule has 1 amide bonds. The maximum atomic E-state index is 10.9. The Morgan fingerprint density at radius 1 is 1.53 bits per heavy atom. The fraction of sp³-hybridized carbons (Fsp3) is 0.615. The number of ether oxygens (including phenoxy) is 1. The quantitative estimate of drug-likeness (QED) is 0.833. The number of nitrogens with two attached hydrogens (primary N) is 1. The molecule has 1 fully saturated rings. The second kappa shape index (κ2) is 6.58. The van der Waals surface area contributed by atoms with Crippen molar-refractivity contribution in [2.45, 2.75) is 13.3 Å². The van der Waals surface area contributed by atoms with E-state index in [4.69, 9.17) is 10.5 Å². The lowest BCUT2D eigenvalue weighted by Crippen LogP contribution is -2.30. The molecule has 1 atom stereocenters. The summed E-state index contributed by atoms with van der Waals surface area (Å²) in [6, 6.07) is 0. The maximum absolute atomic E-state index is 10.9. The van der Waals surface area contributed by atoms with E-state index in [1.165, 1.54) is 6.20 Å². The van der Waals surface area contributed by atoms with Gasteiger partial charge in [0.15, 0.2) is 0 Å². The molecule has 0 unspecified atom stereocenters. The minimum Gasteiger partial charge on any atom is -0.380 e. The van der Waals surface area contributed by atoms with Gasteiger partial charge in [0.05, 0.1) is 25.1 Å². The number of nitrogens with zero attached hydrogens (tertiary/aromatic N) is 3. The van der Waals surface area contributed by atoms with Crippen molar-refractivity contribution in [3.63, 3.8) is 0 Å². The number of aromatic nitrogens is 2. The molecule has 0 saturated carbocycles. The van der Waals surface area contributed by atoms with Gasteiger partial charge in [-0.15, -0.1) is 0 Å². The molecule has 0 radical (unpaired) electrons. The molecular formula is C13H20N4O2. The first-order valence-corrected chi connectivity index (χ1v) is 6.60. The monoisotopic (exact) mass is 264 g/mol. The van der Waals surface area contributed by atoms with Gasteiger partial charge in [0.2, 0.25) is 0 Å². The highest BCUT2D eigenvalue weighted by Crippen LogP contribution is 2.12. The van der Waals surface area contributed by atoms with E-state index in [0.29, 0.717) is 5.92 Å². The van der Waals surface area contributed by atoms with E-state index in [2.05, 4.69) is 21.8 Å². The Morgan fingerprint density at radius 3 is 3.00 bits per heavy atom. The van der Waals surface area contributed by atoms with E-state index in [-0.39, 0.29) is 5.69 Å². The van der Waals surface area contributed by atoms with Crippen LogP contribution in [-0.2, 0) is 11.2 Å². The Bertz CT molecular complexity index is 421. The van der Waals surface area contributed by atoms with Crippen LogP contribution in [0.3, 0.4) is 0 Å². The van der Waals surface area contributed by atoms with Gasteiger partial charge in [0.25, 0.3) is 5.91 Å². The third-order valence-electron chi connectivity index (χ3n) is 3.32. The van der Waals surface area contributed by atoms with Gasteiger partial charge >= 0.3 is 0 Å². The zero-order valence-electron chi connectivity index (χ0n) is 11.2. The lowest BCUT2D eigenvalue weighted by molar-refractivity contribution is 0.0995. The van der Waals surface area contributed by atoms with Gasteiger partial charge in [0, 0.05) is 25.2 Å². The summed E-state index contributed by atoms with van der Waals surface area (Å²) in [5, 5.41) is 0. The highest BCUT2D eigenvalue weighted by molar-refractivity contribution is 5.90. The molecule has 19 heavy (non-hydrogen) atoms. The summed E-state index contributed by atoms with van der Waals surface area (Å²) < 4.78 is 5.61. The van der Waals surface area contributed by atoms with Crippen LogP contribution in [0.5, 0.6) is 0 Å². The molecule has 1 aliphatic rings. The number of likely N-dealkylation sites (N-methyl/N-ethyl adjacent to an activating group) is 1. The van der Waals surface area contributed by atoms with Gasteiger partial charge in [-0.3, -0.25) is 9.78 Å². The number of hydrogen-bond acceptors (Lipinski definition) is 5. The van der Waals surface area contributed by atoms with Crippen molar-refractivity contribution >= 4 is 5.91 Å². The molecule has 1 aromatic rings. The van der Waals surface area contributed by atoms with Gasteiger partial charge in [-0.2, -0.15) is 0 Å². The second-order valence-corrected chi connectivity index (χ2v) is 4.80. The van der Waals surface area contributed by atoms with Crippen molar-refractivity contribution in [2.24, 2.45) is 11.7 Å². The Hall–Kier alpha value is -1.53. The predicted molar refractivity (Wildman–Crippen MR) is 70.7 cm³/mol. The molecule has 6 nitrogen and oxygen atoms in total. The van der Waals surface area contributed by atoms with Gasteiger partial charge < -0.3 is 15.4 Å². The molecular weight excluding hydrogens is 244 g/mol. The number of hydrogen-bond donors (Lipinski definition) is 1. The summed E-state index contributed by atoms with van der Waals surface area (Å²) in [5.41, 5.74) is 6.21. The fourth-order valence-electron chi connectivity index (χ4n) is 2.25. The number of rotatable bonds is 4. The molecule has 104 valence electrons. The Morgan fingerprint density at radius 2 is 2.37 bits per heavy atom. The summed E-state index contributed by atoms with van der Waals surface area (Å²) in [4.78, 5) is 21.6. The van der Waals surface area contributed by atoms with Gasteiger partial charge in [-0.1, -0.05) is 6.92 Å². The minimum atomic E-state index is -0.547. The first-order valence-electron chi connectivity index (χ1n) is 6.60. The van der Waals surface area contributed by atoms with Crippen LogP contribution >= 0.6 is 0 Å². The summed E-state index contributed by atoms with van der Waals surface area (Å²) in [6.45, 7) is 6.72. The largest absolute Gasteiger partial charge is 0.380 e. The predicted octanol–water partition coefficient (Wildman–Crippen LogP) is 0.0863. The molecule has 1 aliphatic heterocycles. The second-order valence-electron chi connectivity index (χ2n) is 4.80. The van der Waals surface area contributed by atoms with E-state index in [0.717, 1.165) is 45.0 Å². The van der Waals surface area contributed by atoms with Gasteiger partial charge in [-0.05, 0) is 13.0 Å². The van der Waals surface area contributed by atoms with Gasteiger partial charge in [0.1, 0.15) is 5.69 Å². The normalized spacial score (nSPS) is 21.0. The summed E-state index contributed by atoms with van der Waals surface area (Å²) in [6.07, 6.45) is 3.87. The molecule has 0 bridgehead atoms. The molecule has 2 rings (SSSR count). The van der Waals surface area contributed by atoms with Crippen molar-refractivity contribution in [1.82, 2.24) is 14.9 Å². The van der Waals surface area contributed by atoms with Crippen LogP contribution in [0.4, 0.5) is 0 Å². The fourth-order valence-corrected chi connectivity index (χ4v) is 2.25. The summed E-state index contributed by atoms with van der Waals surface area (Å²) in [5.74, 6) is -0.134. The average Bonchev–Trinajstić information content (AvgIpc) is 2.64. The third kappa shape index (κ3) is 3.97. The highest BCUT2D eigenvalue weighted by Gasteiger charge is 2.18. The molecule has 0 aromatic carbocycles. The van der Waals surface area contributed by atoms with Crippen molar-refractivity contribution in [3.8, 4) is 0 Å². The Balaban J connectivity index is 1.97. The SMILES string of the molecule is CCN1CCOC[C@H](Cc2cnc(C(N)=O)cn2)C1. The smallest absolute Gasteiger partial charge is 0.268 e. The molecule has 1 aromatic heterocycles. The standard InChI is InChI=1S/C13H20N4O2/c1-2-17-3-4-19-9-10(8-17)5-11-6-16-12(7-15-11)13(14)18/h6-7,10H,2-5,8-9H2,1H3,(H2,14,18)/t10-/m1/s1. The van der Waals surface area contributed by atoms with Crippen LogP contribution in [0, 0.1) is 5.92 Å². The van der Waals surface area contributed by atoms with Crippen LogP contribution in [0.1, 0.15) is 23.1 Å². The molecule has 0 spiro atoms. The van der Waals surface area contributed by atoms with Crippen molar-refractivity contribution in [2.75, 3.05) is 32.8 Å².